The number of carbonyl (C=O) groups excluding carboxylic acids is 1. The number of carbonyl (C=O) groups is 1. The highest BCUT2D eigenvalue weighted by Gasteiger charge is 2.27. The van der Waals surface area contributed by atoms with Crippen LogP contribution in [-0.2, 0) is 11.3 Å². The molecular weight excluding hydrogens is 318 g/mol. The van der Waals surface area contributed by atoms with Crippen LogP contribution in [0.1, 0.15) is 19.4 Å². The molecule has 130 valence electrons. The first-order valence-electron chi connectivity index (χ1n) is 8.76. The number of piperazine rings is 1. The lowest BCUT2D eigenvalue weighted by Crippen LogP contribution is -2.53. The van der Waals surface area contributed by atoms with E-state index in [-0.39, 0.29) is 11.9 Å². The number of thiophene rings is 1. The number of benzene rings is 1. The Bertz CT molecular complexity index is 691. The summed E-state index contributed by atoms with van der Waals surface area (Å²) in [5, 5.41) is 3.53. The van der Waals surface area contributed by atoms with E-state index < -0.39 is 0 Å². The Kier molecular flexibility index (Phi) is 5.54. The average Bonchev–Trinajstić information content (AvgIpc) is 3.03. The smallest absolute Gasteiger partial charge is 0.239 e. The summed E-state index contributed by atoms with van der Waals surface area (Å²) in [6.45, 7) is 9.79. The standard InChI is InChI=1S/C19H27N3OS/c1-4-21-9-11-22(12-10-21)19(23)15(2)20(3)13-16-14-24-18-8-6-5-7-17(16)18/h5-8,14-15H,4,9-13H2,1-3H3/t15-/m1/s1. The lowest BCUT2D eigenvalue weighted by molar-refractivity contribution is -0.137. The number of rotatable bonds is 5. The van der Waals surface area contributed by atoms with Gasteiger partial charge in [-0.25, -0.2) is 0 Å². The fraction of sp³-hybridized carbons (Fsp3) is 0.526. The molecule has 2 aromatic rings. The van der Waals surface area contributed by atoms with E-state index in [2.05, 4.69) is 53.4 Å². The molecule has 1 aromatic heterocycles. The lowest BCUT2D eigenvalue weighted by atomic mass is 10.1. The molecule has 1 atom stereocenters. The van der Waals surface area contributed by atoms with Gasteiger partial charge in [0.2, 0.25) is 5.91 Å². The zero-order valence-electron chi connectivity index (χ0n) is 14.9. The fourth-order valence-corrected chi connectivity index (χ4v) is 4.25. The molecule has 0 spiro atoms. The monoisotopic (exact) mass is 345 g/mol. The van der Waals surface area contributed by atoms with Crippen molar-refractivity contribution >= 4 is 27.3 Å². The minimum atomic E-state index is -0.0863. The van der Waals surface area contributed by atoms with Crippen molar-refractivity contribution in [3.63, 3.8) is 0 Å². The normalized spacial score (nSPS) is 17.6. The highest BCUT2D eigenvalue weighted by molar-refractivity contribution is 7.17. The van der Waals surface area contributed by atoms with Gasteiger partial charge in [-0.2, -0.15) is 0 Å². The zero-order chi connectivity index (χ0) is 17.1. The summed E-state index contributed by atoms with van der Waals surface area (Å²) in [6.07, 6.45) is 0. The highest BCUT2D eigenvalue weighted by atomic mass is 32.1. The van der Waals surface area contributed by atoms with Crippen LogP contribution in [0.3, 0.4) is 0 Å². The van der Waals surface area contributed by atoms with Gasteiger partial charge in [0.25, 0.3) is 0 Å². The maximum absolute atomic E-state index is 12.8. The Hall–Kier alpha value is -1.43. The Balaban J connectivity index is 1.62. The summed E-state index contributed by atoms with van der Waals surface area (Å²) in [5.74, 6) is 0.257. The van der Waals surface area contributed by atoms with Gasteiger partial charge in [0, 0.05) is 37.4 Å². The Morgan fingerprint density at radius 1 is 1.25 bits per heavy atom. The third kappa shape index (κ3) is 3.63. The molecule has 3 rings (SSSR count). The molecule has 1 fully saturated rings. The third-order valence-electron chi connectivity index (χ3n) is 5.13. The second-order valence-electron chi connectivity index (χ2n) is 6.61. The van der Waals surface area contributed by atoms with Crippen molar-refractivity contribution in [1.82, 2.24) is 14.7 Å². The number of likely N-dealkylation sites (N-methyl/N-ethyl adjacent to an activating group) is 2. The predicted molar refractivity (Wildman–Crippen MR) is 101 cm³/mol. The van der Waals surface area contributed by atoms with E-state index in [1.807, 2.05) is 11.8 Å². The molecule has 24 heavy (non-hydrogen) atoms. The Labute approximate surface area is 148 Å². The maximum Gasteiger partial charge on any atom is 0.239 e. The Morgan fingerprint density at radius 3 is 2.67 bits per heavy atom. The molecule has 1 aromatic carbocycles. The number of hydrogen-bond donors (Lipinski definition) is 0. The number of nitrogens with zero attached hydrogens (tertiary/aromatic N) is 3. The topological polar surface area (TPSA) is 26.8 Å². The molecule has 1 aliphatic heterocycles. The minimum absolute atomic E-state index is 0.0863. The van der Waals surface area contributed by atoms with Gasteiger partial charge in [0.15, 0.2) is 0 Å². The second kappa shape index (κ2) is 7.64. The molecule has 5 heteroatoms. The molecule has 0 N–H and O–H groups in total. The van der Waals surface area contributed by atoms with E-state index in [4.69, 9.17) is 0 Å². The highest BCUT2D eigenvalue weighted by Crippen LogP contribution is 2.26. The molecular formula is C19H27N3OS. The van der Waals surface area contributed by atoms with Gasteiger partial charge >= 0.3 is 0 Å². The summed E-state index contributed by atoms with van der Waals surface area (Å²) in [4.78, 5) is 19.4. The van der Waals surface area contributed by atoms with Gasteiger partial charge in [-0.3, -0.25) is 9.69 Å². The van der Waals surface area contributed by atoms with Crippen LogP contribution >= 0.6 is 11.3 Å². The summed E-state index contributed by atoms with van der Waals surface area (Å²) in [7, 11) is 2.05. The van der Waals surface area contributed by atoms with E-state index in [0.717, 1.165) is 39.3 Å². The van der Waals surface area contributed by atoms with Crippen molar-refractivity contribution in [1.29, 1.82) is 0 Å². The first-order chi connectivity index (χ1) is 11.6. The maximum atomic E-state index is 12.8. The number of amides is 1. The van der Waals surface area contributed by atoms with Crippen molar-refractivity contribution in [2.45, 2.75) is 26.4 Å². The molecule has 1 saturated heterocycles. The van der Waals surface area contributed by atoms with Crippen LogP contribution in [0.4, 0.5) is 0 Å². The van der Waals surface area contributed by atoms with Crippen LogP contribution in [0.5, 0.6) is 0 Å². The first-order valence-corrected chi connectivity index (χ1v) is 9.64. The van der Waals surface area contributed by atoms with Gasteiger partial charge in [0.1, 0.15) is 0 Å². The molecule has 1 aliphatic rings. The SMILES string of the molecule is CCN1CCN(C(=O)[C@@H](C)N(C)Cc2csc3ccccc23)CC1. The van der Waals surface area contributed by atoms with E-state index in [1.165, 1.54) is 15.6 Å². The number of hydrogen-bond acceptors (Lipinski definition) is 4. The molecule has 4 nitrogen and oxygen atoms in total. The lowest BCUT2D eigenvalue weighted by Gasteiger charge is -2.37. The van der Waals surface area contributed by atoms with Gasteiger partial charge in [-0.05, 0) is 42.9 Å². The van der Waals surface area contributed by atoms with Gasteiger partial charge in [0.05, 0.1) is 6.04 Å². The molecule has 0 radical (unpaired) electrons. The molecule has 0 unspecified atom stereocenters. The van der Waals surface area contributed by atoms with Crippen molar-refractivity contribution in [3.05, 3.63) is 35.2 Å². The van der Waals surface area contributed by atoms with Gasteiger partial charge < -0.3 is 9.80 Å². The van der Waals surface area contributed by atoms with Crippen LogP contribution in [0.25, 0.3) is 10.1 Å². The van der Waals surface area contributed by atoms with Crippen molar-refractivity contribution in [3.8, 4) is 0 Å². The van der Waals surface area contributed by atoms with E-state index in [0.29, 0.717) is 0 Å². The van der Waals surface area contributed by atoms with Gasteiger partial charge in [-0.1, -0.05) is 25.1 Å². The van der Waals surface area contributed by atoms with Crippen molar-refractivity contribution in [2.24, 2.45) is 0 Å². The fourth-order valence-electron chi connectivity index (χ4n) is 3.30. The van der Waals surface area contributed by atoms with Crippen molar-refractivity contribution in [2.75, 3.05) is 39.8 Å². The summed E-state index contributed by atoms with van der Waals surface area (Å²) >= 11 is 1.78. The Morgan fingerprint density at radius 2 is 1.96 bits per heavy atom. The minimum Gasteiger partial charge on any atom is -0.339 e. The van der Waals surface area contributed by atoms with Crippen molar-refractivity contribution < 1.29 is 4.79 Å². The summed E-state index contributed by atoms with van der Waals surface area (Å²) < 4.78 is 1.32. The van der Waals surface area contributed by atoms with Gasteiger partial charge in [-0.15, -0.1) is 11.3 Å². The van der Waals surface area contributed by atoms with Crippen LogP contribution in [0, 0.1) is 0 Å². The van der Waals surface area contributed by atoms with E-state index in [9.17, 15) is 4.79 Å². The van der Waals surface area contributed by atoms with E-state index >= 15 is 0 Å². The first kappa shape index (κ1) is 17.4. The average molecular weight is 346 g/mol. The quantitative estimate of drug-likeness (QED) is 0.834. The van der Waals surface area contributed by atoms with E-state index in [1.54, 1.807) is 11.3 Å². The summed E-state index contributed by atoms with van der Waals surface area (Å²) in [5.41, 5.74) is 1.31. The zero-order valence-corrected chi connectivity index (χ0v) is 15.7. The molecule has 2 heterocycles. The molecule has 0 aliphatic carbocycles. The van der Waals surface area contributed by atoms with Crippen LogP contribution < -0.4 is 0 Å². The molecule has 0 saturated carbocycles. The second-order valence-corrected chi connectivity index (χ2v) is 7.52. The summed E-state index contributed by atoms with van der Waals surface area (Å²) in [6, 6.07) is 8.41. The van der Waals surface area contributed by atoms with Crippen LogP contribution in [-0.4, -0.2) is 66.4 Å². The largest absolute Gasteiger partial charge is 0.339 e. The van der Waals surface area contributed by atoms with Crippen LogP contribution in [0.15, 0.2) is 29.6 Å². The van der Waals surface area contributed by atoms with Crippen LogP contribution in [0.2, 0.25) is 0 Å². The predicted octanol–water partition coefficient (Wildman–Crippen LogP) is 2.89. The molecule has 0 bridgehead atoms. The third-order valence-corrected chi connectivity index (χ3v) is 6.14. The molecule has 1 amide bonds. The number of fused-ring (bicyclic) bond motifs is 1.